The van der Waals surface area contributed by atoms with Crippen molar-refractivity contribution in [2.24, 2.45) is 10.4 Å². The van der Waals surface area contributed by atoms with E-state index in [1.807, 2.05) is 49.9 Å². The number of carbonyl (C=O) groups is 1. The van der Waals surface area contributed by atoms with Crippen molar-refractivity contribution in [1.29, 1.82) is 0 Å². The van der Waals surface area contributed by atoms with Crippen LogP contribution in [-0.2, 0) is 14.6 Å². The van der Waals surface area contributed by atoms with Crippen molar-refractivity contribution in [3.05, 3.63) is 24.3 Å². The molecule has 3 rings (SSSR count). The van der Waals surface area contributed by atoms with Crippen LogP contribution in [-0.4, -0.2) is 48.9 Å². The fourth-order valence-corrected chi connectivity index (χ4v) is 7.09. The van der Waals surface area contributed by atoms with Gasteiger partial charge in [-0.25, -0.2) is 8.42 Å². The number of amides is 1. The largest absolute Gasteiger partial charge is 0.494 e. The van der Waals surface area contributed by atoms with Crippen LogP contribution in [0.1, 0.15) is 40.5 Å². The number of amidine groups is 1. The van der Waals surface area contributed by atoms with Crippen molar-refractivity contribution >= 4 is 38.4 Å². The molecule has 0 radical (unpaired) electrons. The number of nitrogens with zero attached hydrogens (tertiary/aromatic N) is 2. The molecule has 154 valence electrons. The summed E-state index contributed by atoms with van der Waals surface area (Å²) >= 11 is 1.39. The molecule has 1 aromatic rings. The second-order valence-corrected chi connectivity index (χ2v) is 11.7. The van der Waals surface area contributed by atoms with E-state index < -0.39 is 15.3 Å². The zero-order valence-electron chi connectivity index (χ0n) is 16.8. The van der Waals surface area contributed by atoms with Gasteiger partial charge in [0.15, 0.2) is 15.0 Å². The first-order valence-corrected chi connectivity index (χ1v) is 12.3. The smallest absolute Gasteiger partial charge is 0.253 e. The van der Waals surface area contributed by atoms with E-state index in [4.69, 9.17) is 4.74 Å². The molecule has 0 aromatic heterocycles. The number of anilines is 1. The zero-order chi connectivity index (χ0) is 20.5. The van der Waals surface area contributed by atoms with E-state index in [9.17, 15) is 13.2 Å². The number of hydrogen-bond acceptors (Lipinski definition) is 5. The first-order chi connectivity index (χ1) is 13.1. The molecule has 0 saturated carbocycles. The molecule has 0 unspecified atom stereocenters. The molecule has 28 heavy (non-hydrogen) atoms. The average molecular weight is 425 g/mol. The number of aliphatic imine (C=N–C) groups is 1. The van der Waals surface area contributed by atoms with Gasteiger partial charge in [-0.05, 0) is 18.6 Å². The molecule has 0 N–H and O–H groups in total. The Balaban J connectivity index is 1.94. The highest BCUT2D eigenvalue weighted by molar-refractivity contribution is 8.16. The molecule has 6 nitrogen and oxygen atoms in total. The number of ether oxygens (including phenoxy) is 1. The van der Waals surface area contributed by atoms with Crippen molar-refractivity contribution in [1.82, 2.24) is 0 Å². The highest BCUT2D eigenvalue weighted by Crippen LogP contribution is 2.42. The monoisotopic (exact) mass is 424 g/mol. The van der Waals surface area contributed by atoms with Crippen LogP contribution in [0.2, 0.25) is 0 Å². The van der Waals surface area contributed by atoms with E-state index >= 15 is 0 Å². The van der Waals surface area contributed by atoms with Crippen LogP contribution in [0.25, 0.3) is 0 Å². The predicted octanol–water partition coefficient (Wildman–Crippen LogP) is 3.51. The Kier molecular flexibility index (Phi) is 6.10. The van der Waals surface area contributed by atoms with Crippen molar-refractivity contribution in [3.63, 3.8) is 0 Å². The van der Waals surface area contributed by atoms with Gasteiger partial charge >= 0.3 is 0 Å². The summed E-state index contributed by atoms with van der Waals surface area (Å²) in [5.41, 5.74) is 0.222. The van der Waals surface area contributed by atoms with E-state index in [0.29, 0.717) is 11.8 Å². The Hall–Kier alpha value is -1.54. The first kappa shape index (κ1) is 21.2. The maximum absolute atomic E-state index is 12.5. The van der Waals surface area contributed by atoms with Gasteiger partial charge < -0.3 is 9.64 Å². The number of sulfone groups is 1. The number of benzene rings is 1. The third-order valence-corrected chi connectivity index (χ3v) is 7.98. The number of thioether (sulfide) groups is 1. The molecule has 2 aliphatic heterocycles. The van der Waals surface area contributed by atoms with Crippen molar-refractivity contribution in [3.8, 4) is 5.75 Å². The lowest BCUT2D eigenvalue weighted by Gasteiger charge is -2.25. The van der Waals surface area contributed by atoms with Crippen molar-refractivity contribution < 1.29 is 17.9 Å². The molecule has 1 aromatic carbocycles. The summed E-state index contributed by atoms with van der Waals surface area (Å²) in [6.07, 6.45) is 2.02. The highest BCUT2D eigenvalue weighted by atomic mass is 32.2. The SMILES string of the molecule is CCCCOc1cccc(N2C(=NC(=O)C(C)(C)C)S[C@H]3CS(=O)(=O)C[C@@H]32)c1. The molecule has 8 heteroatoms. The van der Waals surface area contributed by atoms with E-state index in [1.165, 1.54) is 11.8 Å². The predicted molar refractivity (Wildman–Crippen MR) is 115 cm³/mol. The minimum absolute atomic E-state index is 0.0777. The maximum Gasteiger partial charge on any atom is 0.253 e. The van der Waals surface area contributed by atoms with Crippen molar-refractivity contribution in [2.75, 3.05) is 23.0 Å². The van der Waals surface area contributed by atoms with Crippen LogP contribution in [0.5, 0.6) is 5.75 Å². The summed E-state index contributed by atoms with van der Waals surface area (Å²) in [5.74, 6) is 0.725. The Morgan fingerprint density at radius 3 is 2.75 bits per heavy atom. The van der Waals surface area contributed by atoms with Crippen LogP contribution in [0.4, 0.5) is 5.69 Å². The number of fused-ring (bicyclic) bond motifs is 1. The molecule has 2 aliphatic rings. The second kappa shape index (κ2) is 8.06. The Labute approximate surface area is 171 Å². The van der Waals surface area contributed by atoms with Gasteiger partial charge in [-0.1, -0.05) is 51.9 Å². The van der Waals surface area contributed by atoms with Gasteiger partial charge in [-0.15, -0.1) is 0 Å². The lowest BCUT2D eigenvalue weighted by molar-refractivity contribution is -0.124. The minimum Gasteiger partial charge on any atom is -0.494 e. The molecular formula is C20H28N2O4S2. The molecule has 0 bridgehead atoms. The number of rotatable bonds is 5. The lowest BCUT2D eigenvalue weighted by Crippen LogP contribution is -2.38. The third kappa shape index (κ3) is 4.71. The summed E-state index contributed by atoms with van der Waals surface area (Å²) < 4.78 is 30.2. The quantitative estimate of drug-likeness (QED) is 0.673. The Morgan fingerprint density at radius 1 is 1.32 bits per heavy atom. The molecule has 2 fully saturated rings. The molecule has 1 amide bonds. The van der Waals surface area contributed by atoms with Crippen LogP contribution in [0, 0.1) is 5.41 Å². The molecule has 0 aliphatic carbocycles. The summed E-state index contributed by atoms with van der Waals surface area (Å²) in [7, 11) is -3.09. The molecule has 2 heterocycles. The van der Waals surface area contributed by atoms with Gasteiger partial charge in [-0.2, -0.15) is 4.99 Å². The second-order valence-electron chi connectivity index (χ2n) is 8.32. The Bertz CT molecular complexity index is 874. The minimum atomic E-state index is -3.09. The molecule has 2 atom stereocenters. The maximum atomic E-state index is 12.5. The van der Waals surface area contributed by atoms with Gasteiger partial charge in [0.05, 0.1) is 24.2 Å². The van der Waals surface area contributed by atoms with E-state index in [2.05, 4.69) is 11.9 Å². The van der Waals surface area contributed by atoms with E-state index in [-0.39, 0.29) is 28.7 Å². The average Bonchev–Trinajstić information content (AvgIpc) is 3.05. The van der Waals surface area contributed by atoms with Crippen LogP contribution >= 0.6 is 11.8 Å². The molecule has 0 spiro atoms. The first-order valence-electron chi connectivity index (χ1n) is 9.63. The third-order valence-electron chi connectivity index (χ3n) is 4.77. The standard InChI is InChI=1S/C20H28N2O4S2/c1-5-6-10-26-15-9-7-8-14(11-15)22-16-12-28(24,25)13-17(16)27-19(22)21-18(23)20(2,3)4/h7-9,11,16-17H,5-6,10,12-13H2,1-4H3/t16-,17-/m0/s1. The van der Waals surface area contributed by atoms with E-state index in [0.717, 1.165) is 24.3 Å². The van der Waals surface area contributed by atoms with Crippen LogP contribution < -0.4 is 9.64 Å². The number of hydrogen-bond donors (Lipinski definition) is 0. The van der Waals surface area contributed by atoms with Crippen LogP contribution in [0.3, 0.4) is 0 Å². The fourth-order valence-electron chi connectivity index (χ4n) is 3.18. The van der Waals surface area contributed by atoms with Gasteiger partial charge in [0.1, 0.15) is 5.75 Å². The lowest BCUT2D eigenvalue weighted by atomic mass is 9.96. The summed E-state index contributed by atoms with van der Waals surface area (Å²) in [4.78, 5) is 18.8. The highest BCUT2D eigenvalue weighted by Gasteiger charge is 2.49. The molecular weight excluding hydrogens is 396 g/mol. The number of unbranched alkanes of at least 4 members (excludes halogenated alkanes) is 1. The van der Waals surface area contributed by atoms with Crippen LogP contribution in [0.15, 0.2) is 29.3 Å². The summed E-state index contributed by atoms with van der Waals surface area (Å²) in [6.45, 7) is 8.24. The fraction of sp³-hybridized carbons (Fsp3) is 0.600. The topological polar surface area (TPSA) is 76.0 Å². The normalized spacial score (nSPS) is 25.1. The van der Waals surface area contributed by atoms with E-state index in [1.54, 1.807) is 0 Å². The van der Waals surface area contributed by atoms with Gasteiger partial charge in [-0.3, -0.25) is 4.79 Å². The van der Waals surface area contributed by atoms with Gasteiger partial charge in [0.25, 0.3) is 5.91 Å². The number of carbonyl (C=O) groups excluding carboxylic acids is 1. The molecule has 2 saturated heterocycles. The van der Waals surface area contributed by atoms with Gasteiger partial charge in [0, 0.05) is 22.4 Å². The van der Waals surface area contributed by atoms with Gasteiger partial charge in [0.2, 0.25) is 0 Å². The van der Waals surface area contributed by atoms with Crippen molar-refractivity contribution in [2.45, 2.75) is 51.8 Å². The summed E-state index contributed by atoms with van der Waals surface area (Å²) in [6, 6.07) is 7.38. The Morgan fingerprint density at radius 2 is 2.07 bits per heavy atom. The summed E-state index contributed by atoms with van der Waals surface area (Å²) in [5, 5.41) is 0.469. The zero-order valence-corrected chi connectivity index (χ0v) is 18.5.